The first-order valence-corrected chi connectivity index (χ1v) is 8.52. The van der Waals surface area contributed by atoms with Gasteiger partial charge in [0.05, 0.1) is 0 Å². The molecule has 3 aromatic rings. The molecule has 1 fully saturated rings. The minimum Gasteiger partial charge on any atom is -0.341 e. The SMILES string of the molecule is CCn1c2ccccc2c2cc(C[NH+]3CC[NH2+]CC3)ccc21. The van der Waals surface area contributed by atoms with Gasteiger partial charge in [0, 0.05) is 33.9 Å². The van der Waals surface area contributed by atoms with E-state index in [1.54, 1.807) is 4.90 Å². The Morgan fingerprint density at radius 2 is 1.77 bits per heavy atom. The second-order valence-electron chi connectivity index (χ2n) is 6.41. The molecular formula is C19H25N3+2. The van der Waals surface area contributed by atoms with Crippen molar-refractivity contribution < 1.29 is 10.2 Å². The first-order chi connectivity index (χ1) is 10.9. The highest BCUT2D eigenvalue weighted by Crippen LogP contribution is 2.29. The number of nitrogens with one attached hydrogen (secondary N) is 1. The predicted molar refractivity (Wildman–Crippen MR) is 91.2 cm³/mol. The molecule has 2 heterocycles. The van der Waals surface area contributed by atoms with Crippen LogP contribution in [0.4, 0.5) is 0 Å². The van der Waals surface area contributed by atoms with Gasteiger partial charge in [-0.05, 0) is 25.1 Å². The summed E-state index contributed by atoms with van der Waals surface area (Å²) in [5.41, 5.74) is 4.20. The molecule has 3 nitrogen and oxygen atoms in total. The second kappa shape index (κ2) is 5.75. The van der Waals surface area contributed by atoms with Crippen LogP contribution in [0.25, 0.3) is 21.8 Å². The quantitative estimate of drug-likeness (QED) is 0.714. The van der Waals surface area contributed by atoms with Crippen LogP contribution < -0.4 is 10.2 Å². The summed E-state index contributed by atoms with van der Waals surface area (Å²) in [7, 11) is 0. The van der Waals surface area contributed by atoms with Crippen LogP contribution in [0.2, 0.25) is 0 Å². The van der Waals surface area contributed by atoms with Crippen molar-refractivity contribution in [3.8, 4) is 0 Å². The average molecular weight is 295 g/mol. The molecule has 114 valence electrons. The highest BCUT2D eigenvalue weighted by atomic mass is 15.2. The number of nitrogens with two attached hydrogens (primary N) is 1. The van der Waals surface area contributed by atoms with Crippen LogP contribution in [0.5, 0.6) is 0 Å². The molecule has 0 amide bonds. The van der Waals surface area contributed by atoms with Gasteiger partial charge in [-0.25, -0.2) is 0 Å². The largest absolute Gasteiger partial charge is 0.341 e. The lowest BCUT2D eigenvalue weighted by Gasteiger charge is -2.22. The molecule has 22 heavy (non-hydrogen) atoms. The molecule has 0 saturated carbocycles. The molecule has 3 N–H and O–H groups in total. The molecule has 3 heteroatoms. The number of hydrogen-bond acceptors (Lipinski definition) is 0. The van der Waals surface area contributed by atoms with Crippen molar-refractivity contribution in [2.75, 3.05) is 26.2 Å². The van der Waals surface area contributed by atoms with Crippen molar-refractivity contribution in [2.45, 2.75) is 20.0 Å². The minimum atomic E-state index is 1.02. The smallest absolute Gasteiger partial charge is 0.127 e. The molecular weight excluding hydrogens is 270 g/mol. The molecule has 0 radical (unpaired) electrons. The molecule has 1 aliphatic rings. The Morgan fingerprint density at radius 3 is 2.59 bits per heavy atom. The van der Waals surface area contributed by atoms with Crippen LogP contribution in [0.3, 0.4) is 0 Å². The van der Waals surface area contributed by atoms with Crippen LogP contribution in [0.1, 0.15) is 12.5 Å². The molecule has 0 unspecified atom stereocenters. The maximum atomic E-state index is 2.43. The van der Waals surface area contributed by atoms with Crippen LogP contribution >= 0.6 is 0 Å². The molecule has 0 bridgehead atoms. The van der Waals surface area contributed by atoms with Gasteiger partial charge in [0.2, 0.25) is 0 Å². The van der Waals surface area contributed by atoms with E-state index >= 15 is 0 Å². The number of fused-ring (bicyclic) bond motifs is 3. The highest BCUT2D eigenvalue weighted by Gasteiger charge is 2.17. The Bertz CT molecular complexity index is 797. The molecule has 0 aliphatic carbocycles. The standard InChI is InChI=1S/C19H23N3/c1-2-22-18-6-4-3-5-16(18)17-13-15(7-8-19(17)22)14-21-11-9-20-10-12-21/h3-8,13,20H,2,9-12,14H2,1H3/p+2. The number of quaternary nitrogens is 2. The zero-order valence-corrected chi connectivity index (χ0v) is 13.3. The normalized spacial score (nSPS) is 16.6. The maximum absolute atomic E-state index is 2.43. The van der Waals surface area contributed by atoms with E-state index in [-0.39, 0.29) is 0 Å². The monoisotopic (exact) mass is 295 g/mol. The Balaban J connectivity index is 1.78. The van der Waals surface area contributed by atoms with E-state index in [1.807, 2.05) is 0 Å². The van der Waals surface area contributed by atoms with Gasteiger partial charge >= 0.3 is 0 Å². The highest BCUT2D eigenvalue weighted by molar-refractivity contribution is 6.08. The van der Waals surface area contributed by atoms with Gasteiger partial charge in [0.15, 0.2) is 0 Å². The van der Waals surface area contributed by atoms with E-state index in [0.717, 1.165) is 13.1 Å². The topological polar surface area (TPSA) is 26.0 Å². The van der Waals surface area contributed by atoms with E-state index in [2.05, 4.69) is 59.3 Å². The number of benzene rings is 2. The summed E-state index contributed by atoms with van der Waals surface area (Å²) in [6.07, 6.45) is 0. The Hall–Kier alpha value is -1.84. The first-order valence-electron chi connectivity index (χ1n) is 8.52. The van der Waals surface area contributed by atoms with E-state index in [1.165, 1.54) is 53.5 Å². The number of nitrogens with zero attached hydrogens (tertiary/aromatic N) is 1. The van der Waals surface area contributed by atoms with Crippen LogP contribution in [0.15, 0.2) is 42.5 Å². The first kappa shape index (κ1) is 13.8. The third kappa shape index (κ3) is 2.31. The lowest BCUT2D eigenvalue weighted by molar-refractivity contribution is -0.958. The molecule has 0 atom stereocenters. The van der Waals surface area contributed by atoms with Gasteiger partial charge in [-0.3, -0.25) is 0 Å². The summed E-state index contributed by atoms with van der Waals surface area (Å²) >= 11 is 0. The minimum absolute atomic E-state index is 1.02. The van der Waals surface area contributed by atoms with Crippen LogP contribution in [0, 0.1) is 0 Å². The molecule has 4 rings (SSSR count). The Labute approximate surface area is 131 Å². The number of rotatable bonds is 3. The summed E-state index contributed by atoms with van der Waals surface area (Å²) in [6.45, 7) is 9.53. The summed E-state index contributed by atoms with van der Waals surface area (Å²) in [4.78, 5) is 1.72. The van der Waals surface area contributed by atoms with E-state index in [0.29, 0.717) is 0 Å². The predicted octanol–water partition coefficient (Wildman–Crippen LogP) is 0.776. The fraction of sp³-hybridized carbons (Fsp3) is 0.368. The molecule has 1 saturated heterocycles. The van der Waals surface area contributed by atoms with Crippen LogP contribution in [-0.4, -0.2) is 30.7 Å². The van der Waals surface area contributed by atoms with Gasteiger partial charge in [0.1, 0.15) is 32.7 Å². The molecule has 0 spiro atoms. The van der Waals surface area contributed by atoms with Crippen molar-refractivity contribution in [1.29, 1.82) is 0 Å². The number of aromatic nitrogens is 1. The van der Waals surface area contributed by atoms with Gasteiger partial charge in [-0.2, -0.15) is 0 Å². The fourth-order valence-electron chi connectivity index (χ4n) is 3.90. The summed E-state index contributed by atoms with van der Waals surface area (Å²) < 4.78 is 2.43. The maximum Gasteiger partial charge on any atom is 0.127 e. The number of piperazine rings is 1. The van der Waals surface area contributed by atoms with Gasteiger partial charge in [0.25, 0.3) is 0 Å². The Kier molecular flexibility index (Phi) is 3.60. The average Bonchev–Trinajstić information content (AvgIpc) is 2.89. The van der Waals surface area contributed by atoms with Crippen molar-refractivity contribution in [1.82, 2.24) is 4.57 Å². The second-order valence-corrected chi connectivity index (χ2v) is 6.41. The zero-order chi connectivity index (χ0) is 14.9. The number of aryl methyl sites for hydroxylation is 1. The zero-order valence-electron chi connectivity index (χ0n) is 13.3. The third-order valence-electron chi connectivity index (χ3n) is 5.01. The number of hydrogen-bond donors (Lipinski definition) is 2. The van der Waals surface area contributed by atoms with Gasteiger partial charge in [-0.15, -0.1) is 0 Å². The lowest BCUT2D eigenvalue weighted by atomic mass is 10.1. The van der Waals surface area contributed by atoms with E-state index < -0.39 is 0 Å². The van der Waals surface area contributed by atoms with Crippen molar-refractivity contribution in [3.05, 3.63) is 48.0 Å². The van der Waals surface area contributed by atoms with Crippen molar-refractivity contribution >= 4 is 21.8 Å². The summed E-state index contributed by atoms with van der Waals surface area (Å²) in [6, 6.07) is 15.9. The number of para-hydroxylation sites is 1. The van der Waals surface area contributed by atoms with Crippen molar-refractivity contribution in [2.24, 2.45) is 0 Å². The van der Waals surface area contributed by atoms with Crippen molar-refractivity contribution in [3.63, 3.8) is 0 Å². The van der Waals surface area contributed by atoms with Gasteiger partial charge < -0.3 is 14.8 Å². The van der Waals surface area contributed by atoms with E-state index in [9.17, 15) is 0 Å². The molecule has 2 aromatic carbocycles. The third-order valence-corrected chi connectivity index (χ3v) is 5.01. The summed E-state index contributed by atoms with van der Waals surface area (Å²) in [5.74, 6) is 0. The summed E-state index contributed by atoms with van der Waals surface area (Å²) in [5, 5.41) is 5.24. The lowest BCUT2D eigenvalue weighted by Crippen LogP contribution is -3.19. The Morgan fingerprint density at radius 1 is 1.00 bits per heavy atom. The van der Waals surface area contributed by atoms with Crippen LogP contribution in [-0.2, 0) is 13.1 Å². The van der Waals surface area contributed by atoms with E-state index in [4.69, 9.17) is 0 Å². The molecule has 1 aliphatic heterocycles. The van der Waals surface area contributed by atoms with Gasteiger partial charge in [-0.1, -0.05) is 24.3 Å². The fourth-order valence-corrected chi connectivity index (χ4v) is 3.90. The molecule has 1 aromatic heterocycles.